The first kappa shape index (κ1) is 14.9. The zero-order chi connectivity index (χ0) is 12.9. The van der Waals surface area contributed by atoms with Crippen LogP contribution in [0.15, 0.2) is 0 Å². The molecule has 0 amide bonds. The summed E-state index contributed by atoms with van der Waals surface area (Å²) in [5.74, 6) is 3.46. The second kappa shape index (κ2) is 6.66. The summed E-state index contributed by atoms with van der Waals surface area (Å²) < 4.78 is 0. The summed E-state index contributed by atoms with van der Waals surface area (Å²) in [4.78, 5) is 0. The highest BCUT2D eigenvalue weighted by atomic mass is 32.2. The van der Waals surface area contributed by atoms with Crippen molar-refractivity contribution in [3.8, 4) is 6.07 Å². The van der Waals surface area contributed by atoms with E-state index in [0.29, 0.717) is 12.0 Å². The maximum atomic E-state index is 9.53. The van der Waals surface area contributed by atoms with Gasteiger partial charge in [-0.1, -0.05) is 20.3 Å². The van der Waals surface area contributed by atoms with Crippen molar-refractivity contribution in [2.45, 2.75) is 58.5 Å². The lowest BCUT2D eigenvalue weighted by Gasteiger charge is -2.30. The summed E-state index contributed by atoms with van der Waals surface area (Å²) in [6.45, 7) is 8.78. The van der Waals surface area contributed by atoms with E-state index in [4.69, 9.17) is 0 Å². The molecule has 17 heavy (non-hydrogen) atoms. The third-order valence-electron chi connectivity index (χ3n) is 3.45. The van der Waals surface area contributed by atoms with Crippen LogP contribution in [-0.4, -0.2) is 23.1 Å². The second-order valence-corrected chi connectivity index (χ2v) is 6.72. The first-order valence-electron chi connectivity index (χ1n) is 6.80. The minimum absolute atomic E-state index is 0.272. The Morgan fingerprint density at radius 3 is 2.47 bits per heavy atom. The Balaban J connectivity index is 2.49. The molecule has 0 saturated heterocycles. The predicted octanol–water partition coefficient (Wildman–Crippen LogP) is 3.44. The Labute approximate surface area is 111 Å². The summed E-state index contributed by atoms with van der Waals surface area (Å²) in [6.07, 6.45) is 3.67. The lowest BCUT2D eigenvalue weighted by molar-refractivity contribution is 0.370. The Bertz CT molecular complexity index is 268. The van der Waals surface area contributed by atoms with E-state index < -0.39 is 0 Å². The third-order valence-corrected chi connectivity index (χ3v) is 4.91. The summed E-state index contributed by atoms with van der Waals surface area (Å²) in [7, 11) is 0. The number of thioether (sulfide) groups is 1. The largest absolute Gasteiger partial charge is 0.296 e. The Hall–Kier alpha value is -0.200. The number of rotatable bonds is 8. The van der Waals surface area contributed by atoms with Crippen LogP contribution >= 0.6 is 11.8 Å². The van der Waals surface area contributed by atoms with Crippen LogP contribution in [0.4, 0.5) is 0 Å². The average Bonchev–Trinajstić information content (AvgIpc) is 3.10. The summed E-state index contributed by atoms with van der Waals surface area (Å²) in [6, 6.07) is 2.96. The van der Waals surface area contributed by atoms with Crippen molar-refractivity contribution in [3.63, 3.8) is 0 Å². The number of nitrogens with zero attached hydrogens (tertiary/aromatic N) is 1. The summed E-state index contributed by atoms with van der Waals surface area (Å²) in [5, 5.41) is 13.0. The molecule has 98 valence electrons. The molecule has 2 atom stereocenters. The highest BCUT2D eigenvalue weighted by Crippen LogP contribution is 2.41. The first-order chi connectivity index (χ1) is 8.04. The average molecular weight is 254 g/mol. The maximum Gasteiger partial charge on any atom is 0.118 e. The minimum Gasteiger partial charge on any atom is -0.296 e. The topological polar surface area (TPSA) is 35.8 Å². The standard InChI is InChI=1S/C14H26N2S/c1-5-12(4)8-17-10-14(9-15,13-6-7-13)16-11(2)3/h11-13,16H,5-8,10H2,1-4H3. The second-order valence-electron chi connectivity index (χ2n) is 5.69. The molecule has 0 aliphatic heterocycles. The van der Waals surface area contributed by atoms with Gasteiger partial charge in [0, 0.05) is 11.8 Å². The fourth-order valence-corrected chi connectivity index (χ4v) is 3.52. The van der Waals surface area contributed by atoms with Gasteiger partial charge in [-0.2, -0.15) is 17.0 Å². The number of nitriles is 1. The number of hydrogen-bond donors (Lipinski definition) is 1. The van der Waals surface area contributed by atoms with E-state index in [9.17, 15) is 5.26 Å². The van der Waals surface area contributed by atoms with Gasteiger partial charge in [0.15, 0.2) is 0 Å². The van der Waals surface area contributed by atoms with Gasteiger partial charge in [-0.15, -0.1) is 0 Å². The molecule has 2 unspecified atom stereocenters. The molecule has 2 nitrogen and oxygen atoms in total. The summed E-state index contributed by atoms with van der Waals surface area (Å²) >= 11 is 1.94. The molecule has 0 aromatic carbocycles. The molecule has 0 bridgehead atoms. The summed E-state index contributed by atoms with van der Waals surface area (Å²) in [5.41, 5.74) is -0.272. The van der Waals surface area contributed by atoms with Crippen LogP contribution in [0, 0.1) is 23.2 Å². The molecule has 1 aliphatic carbocycles. The van der Waals surface area contributed by atoms with Gasteiger partial charge in [0.1, 0.15) is 5.54 Å². The van der Waals surface area contributed by atoms with E-state index in [1.807, 2.05) is 11.8 Å². The van der Waals surface area contributed by atoms with Gasteiger partial charge >= 0.3 is 0 Å². The fourth-order valence-electron chi connectivity index (χ4n) is 2.06. The Morgan fingerprint density at radius 1 is 1.41 bits per heavy atom. The normalized spacial score (nSPS) is 20.9. The highest BCUT2D eigenvalue weighted by molar-refractivity contribution is 7.99. The quantitative estimate of drug-likeness (QED) is 0.721. The van der Waals surface area contributed by atoms with Crippen molar-refractivity contribution in [3.05, 3.63) is 0 Å². The fraction of sp³-hybridized carbons (Fsp3) is 0.929. The smallest absolute Gasteiger partial charge is 0.118 e. The molecule has 0 aromatic heterocycles. The van der Waals surface area contributed by atoms with Crippen LogP contribution in [0.1, 0.15) is 47.0 Å². The highest BCUT2D eigenvalue weighted by Gasteiger charge is 2.45. The molecule has 3 heteroatoms. The lowest BCUT2D eigenvalue weighted by atomic mass is 9.96. The molecule has 0 heterocycles. The van der Waals surface area contributed by atoms with Crippen LogP contribution in [0.5, 0.6) is 0 Å². The molecule has 1 saturated carbocycles. The van der Waals surface area contributed by atoms with Crippen molar-refractivity contribution >= 4 is 11.8 Å². The van der Waals surface area contributed by atoms with Gasteiger partial charge < -0.3 is 0 Å². The zero-order valence-electron chi connectivity index (χ0n) is 11.6. The molecule has 0 spiro atoms. The van der Waals surface area contributed by atoms with Crippen LogP contribution in [0.2, 0.25) is 0 Å². The lowest BCUT2D eigenvalue weighted by Crippen LogP contribution is -2.51. The Morgan fingerprint density at radius 2 is 2.06 bits per heavy atom. The molecule has 0 radical (unpaired) electrons. The van der Waals surface area contributed by atoms with E-state index >= 15 is 0 Å². The Kier molecular flexibility index (Phi) is 5.82. The van der Waals surface area contributed by atoms with Gasteiger partial charge in [0.2, 0.25) is 0 Å². The van der Waals surface area contributed by atoms with Crippen LogP contribution in [-0.2, 0) is 0 Å². The van der Waals surface area contributed by atoms with Crippen molar-refractivity contribution in [1.29, 1.82) is 5.26 Å². The molecule has 1 aliphatic rings. The van der Waals surface area contributed by atoms with E-state index in [-0.39, 0.29) is 5.54 Å². The first-order valence-corrected chi connectivity index (χ1v) is 7.96. The van der Waals surface area contributed by atoms with Crippen LogP contribution < -0.4 is 5.32 Å². The molecule has 0 aromatic rings. The van der Waals surface area contributed by atoms with Gasteiger partial charge in [-0.3, -0.25) is 5.32 Å². The van der Waals surface area contributed by atoms with Gasteiger partial charge in [0.25, 0.3) is 0 Å². The molecule has 1 rings (SSSR count). The molecule has 1 fully saturated rings. The van der Waals surface area contributed by atoms with Gasteiger partial charge in [-0.25, -0.2) is 0 Å². The van der Waals surface area contributed by atoms with Crippen LogP contribution in [0.25, 0.3) is 0 Å². The van der Waals surface area contributed by atoms with E-state index in [0.717, 1.165) is 11.7 Å². The third kappa shape index (κ3) is 4.52. The molecular formula is C14H26N2S. The number of nitrogens with one attached hydrogen (secondary N) is 1. The van der Waals surface area contributed by atoms with Crippen molar-refractivity contribution in [1.82, 2.24) is 5.32 Å². The minimum atomic E-state index is -0.272. The molecular weight excluding hydrogens is 228 g/mol. The van der Waals surface area contributed by atoms with Crippen LogP contribution in [0.3, 0.4) is 0 Å². The SMILES string of the molecule is CCC(C)CSCC(C#N)(NC(C)C)C1CC1. The van der Waals surface area contributed by atoms with E-state index in [1.54, 1.807) is 0 Å². The monoisotopic (exact) mass is 254 g/mol. The zero-order valence-corrected chi connectivity index (χ0v) is 12.4. The van der Waals surface area contributed by atoms with E-state index in [1.165, 1.54) is 25.0 Å². The van der Waals surface area contributed by atoms with Gasteiger partial charge in [-0.05, 0) is 44.3 Å². The van der Waals surface area contributed by atoms with Crippen molar-refractivity contribution in [2.75, 3.05) is 11.5 Å². The predicted molar refractivity (Wildman–Crippen MR) is 76.1 cm³/mol. The maximum absolute atomic E-state index is 9.53. The van der Waals surface area contributed by atoms with Crippen molar-refractivity contribution in [2.24, 2.45) is 11.8 Å². The van der Waals surface area contributed by atoms with Crippen molar-refractivity contribution < 1.29 is 0 Å². The molecule has 1 N–H and O–H groups in total. The number of hydrogen-bond acceptors (Lipinski definition) is 3. The van der Waals surface area contributed by atoms with E-state index in [2.05, 4.69) is 39.1 Å². The van der Waals surface area contributed by atoms with Gasteiger partial charge in [0.05, 0.1) is 6.07 Å².